The number of amides is 2. The molecule has 8 nitrogen and oxygen atoms in total. The highest BCUT2D eigenvalue weighted by Crippen LogP contribution is 2.08. The molecule has 0 spiro atoms. The van der Waals surface area contributed by atoms with E-state index in [0.29, 0.717) is 11.1 Å². The monoisotopic (exact) mass is 394 g/mol. The Balaban J connectivity index is 2.25. The van der Waals surface area contributed by atoms with Gasteiger partial charge in [-0.2, -0.15) is 0 Å². The van der Waals surface area contributed by atoms with Crippen LogP contribution in [0.2, 0.25) is 0 Å². The Morgan fingerprint density at radius 3 is 2.03 bits per heavy atom. The number of hydrogen-bond acceptors (Lipinski definition) is 6. The highest BCUT2D eigenvalue weighted by Gasteiger charge is 2.19. The molecule has 0 aliphatic carbocycles. The Hall–Kier alpha value is -3.94. The summed E-state index contributed by atoms with van der Waals surface area (Å²) in [6.45, 7) is 0. The predicted octanol–water partition coefficient (Wildman–Crippen LogP) is -0.778. The van der Waals surface area contributed by atoms with Crippen LogP contribution < -0.4 is 20.8 Å². The molecule has 0 radical (unpaired) electrons. The molecule has 8 heteroatoms. The Morgan fingerprint density at radius 2 is 1.48 bits per heavy atom. The molecule has 2 aromatic rings. The third kappa shape index (κ3) is 6.94. The van der Waals surface area contributed by atoms with E-state index in [-0.39, 0.29) is 5.70 Å². The minimum Gasteiger partial charge on any atom is -0.550 e. The van der Waals surface area contributed by atoms with Crippen LogP contribution in [-0.4, -0.2) is 29.8 Å². The molecule has 1 atom stereocenters. The molecule has 0 bridgehead atoms. The minimum atomic E-state index is -1.65. The average molecular weight is 394 g/mol. The van der Waals surface area contributed by atoms with Crippen LogP contribution in [0.25, 0.3) is 6.08 Å². The van der Waals surface area contributed by atoms with Crippen molar-refractivity contribution in [2.75, 3.05) is 0 Å². The van der Waals surface area contributed by atoms with Gasteiger partial charge in [0.15, 0.2) is 0 Å². The summed E-state index contributed by atoms with van der Waals surface area (Å²) in [5.74, 6) is -4.57. The van der Waals surface area contributed by atoms with Crippen LogP contribution >= 0.6 is 0 Å². The first-order valence-electron chi connectivity index (χ1n) is 8.71. The SMILES string of the molecule is O=C([O-])CC[C@@H](NC(=O)/C(=C/c1ccccc1)NC(=O)c1ccccc1)C(=O)[O-]. The molecule has 0 aliphatic heterocycles. The molecule has 0 unspecified atom stereocenters. The highest BCUT2D eigenvalue weighted by molar-refractivity contribution is 6.06. The maximum Gasteiger partial charge on any atom is 0.268 e. The fourth-order valence-corrected chi connectivity index (χ4v) is 2.41. The fourth-order valence-electron chi connectivity index (χ4n) is 2.41. The standard InChI is InChI=1S/C21H20N2O6/c24-18(25)12-11-16(21(28)29)22-20(27)17(13-14-7-3-1-4-8-14)23-19(26)15-9-5-2-6-10-15/h1-10,13,16H,11-12H2,(H,22,27)(H,23,26)(H,24,25)(H,28,29)/p-2/b17-13-/t16-/m1/s1. The molecule has 0 fully saturated rings. The van der Waals surface area contributed by atoms with Crippen molar-refractivity contribution in [2.45, 2.75) is 18.9 Å². The van der Waals surface area contributed by atoms with E-state index in [1.165, 1.54) is 6.08 Å². The van der Waals surface area contributed by atoms with Crippen LogP contribution in [0.15, 0.2) is 66.4 Å². The number of rotatable bonds is 9. The van der Waals surface area contributed by atoms with Gasteiger partial charge in [0.05, 0.1) is 12.0 Å². The van der Waals surface area contributed by atoms with Gasteiger partial charge < -0.3 is 30.4 Å². The zero-order valence-corrected chi connectivity index (χ0v) is 15.3. The van der Waals surface area contributed by atoms with Gasteiger partial charge in [0.25, 0.3) is 11.8 Å². The highest BCUT2D eigenvalue weighted by atomic mass is 16.4. The van der Waals surface area contributed by atoms with Gasteiger partial charge in [-0.3, -0.25) is 9.59 Å². The van der Waals surface area contributed by atoms with E-state index in [4.69, 9.17) is 0 Å². The van der Waals surface area contributed by atoms with E-state index in [2.05, 4.69) is 10.6 Å². The normalized spacial score (nSPS) is 11.9. The summed E-state index contributed by atoms with van der Waals surface area (Å²) in [6.07, 6.45) is 0.385. The lowest BCUT2D eigenvalue weighted by Crippen LogP contribution is -2.50. The van der Waals surface area contributed by atoms with Gasteiger partial charge in [0, 0.05) is 11.5 Å². The summed E-state index contributed by atoms with van der Waals surface area (Å²) in [7, 11) is 0. The first-order valence-corrected chi connectivity index (χ1v) is 8.71. The second-order valence-corrected chi connectivity index (χ2v) is 6.04. The zero-order chi connectivity index (χ0) is 21.2. The third-order valence-corrected chi connectivity index (χ3v) is 3.87. The summed E-state index contributed by atoms with van der Waals surface area (Å²) in [5, 5.41) is 26.4. The quantitative estimate of drug-likeness (QED) is 0.535. The number of carboxylic acids is 2. The van der Waals surface area contributed by atoms with E-state index >= 15 is 0 Å². The van der Waals surface area contributed by atoms with Crippen LogP contribution in [0.3, 0.4) is 0 Å². The smallest absolute Gasteiger partial charge is 0.268 e. The van der Waals surface area contributed by atoms with Gasteiger partial charge in [-0.1, -0.05) is 48.5 Å². The minimum absolute atomic E-state index is 0.204. The van der Waals surface area contributed by atoms with Gasteiger partial charge in [-0.15, -0.1) is 0 Å². The molecular weight excluding hydrogens is 376 g/mol. The lowest BCUT2D eigenvalue weighted by molar-refractivity contribution is -0.310. The number of aliphatic carboxylic acids is 2. The number of carbonyl (C=O) groups excluding carboxylic acids is 4. The molecular formula is C21H18N2O6-2. The van der Waals surface area contributed by atoms with Gasteiger partial charge >= 0.3 is 0 Å². The third-order valence-electron chi connectivity index (χ3n) is 3.87. The summed E-state index contributed by atoms with van der Waals surface area (Å²) >= 11 is 0. The summed E-state index contributed by atoms with van der Waals surface area (Å²) in [4.78, 5) is 46.9. The Kier molecular flexibility index (Phi) is 7.67. The molecule has 2 aromatic carbocycles. The van der Waals surface area contributed by atoms with Crippen molar-refractivity contribution in [1.82, 2.24) is 10.6 Å². The molecule has 0 saturated carbocycles. The van der Waals surface area contributed by atoms with E-state index in [1.807, 2.05) is 0 Å². The van der Waals surface area contributed by atoms with Gasteiger partial charge in [-0.25, -0.2) is 0 Å². The Bertz CT molecular complexity index is 909. The molecule has 0 aliphatic rings. The van der Waals surface area contributed by atoms with E-state index < -0.39 is 42.6 Å². The van der Waals surface area contributed by atoms with Crippen molar-refractivity contribution >= 4 is 29.8 Å². The first-order chi connectivity index (χ1) is 13.9. The second-order valence-electron chi connectivity index (χ2n) is 6.04. The summed E-state index contributed by atoms with van der Waals surface area (Å²) < 4.78 is 0. The van der Waals surface area contributed by atoms with Crippen molar-refractivity contribution in [3.05, 3.63) is 77.5 Å². The zero-order valence-electron chi connectivity index (χ0n) is 15.3. The summed E-state index contributed by atoms with van der Waals surface area (Å²) in [6, 6.07) is 15.2. The van der Waals surface area contributed by atoms with Crippen molar-refractivity contribution in [3.8, 4) is 0 Å². The van der Waals surface area contributed by atoms with E-state index in [1.54, 1.807) is 60.7 Å². The predicted molar refractivity (Wildman–Crippen MR) is 99.5 cm³/mol. The Morgan fingerprint density at radius 1 is 0.897 bits per heavy atom. The average Bonchev–Trinajstić information content (AvgIpc) is 2.71. The van der Waals surface area contributed by atoms with Crippen LogP contribution in [0.1, 0.15) is 28.8 Å². The number of carboxylic acid groups (broad SMARTS) is 2. The molecule has 2 amide bonds. The number of nitrogens with one attached hydrogen (secondary N) is 2. The topological polar surface area (TPSA) is 138 Å². The second kappa shape index (κ2) is 10.4. The van der Waals surface area contributed by atoms with Crippen LogP contribution in [0.5, 0.6) is 0 Å². The molecule has 2 N–H and O–H groups in total. The maximum absolute atomic E-state index is 12.6. The number of carbonyl (C=O) groups is 4. The number of benzene rings is 2. The maximum atomic E-state index is 12.6. The van der Waals surface area contributed by atoms with E-state index in [9.17, 15) is 29.4 Å². The van der Waals surface area contributed by atoms with E-state index in [0.717, 1.165) is 0 Å². The molecule has 0 aromatic heterocycles. The van der Waals surface area contributed by atoms with Gasteiger partial charge in [0.1, 0.15) is 5.70 Å². The van der Waals surface area contributed by atoms with Crippen molar-refractivity contribution < 1.29 is 29.4 Å². The largest absolute Gasteiger partial charge is 0.550 e. The lowest BCUT2D eigenvalue weighted by atomic mass is 10.1. The van der Waals surface area contributed by atoms with Crippen molar-refractivity contribution in [1.29, 1.82) is 0 Å². The fraction of sp³-hybridized carbons (Fsp3) is 0.143. The number of hydrogen-bond donors (Lipinski definition) is 2. The van der Waals surface area contributed by atoms with Crippen LogP contribution in [0.4, 0.5) is 0 Å². The molecule has 2 rings (SSSR count). The molecule has 0 heterocycles. The van der Waals surface area contributed by atoms with Crippen LogP contribution in [-0.2, 0) is 14.4 Å². The van der Waals surface area contributed by atoms with Crippen LogP contribution in [0, 0.1) is 0 Å². The van der Waals surface area contributed by atoms with Crippen molar-refractivity contribution in [2.24, 2.45) is 0 Å². The van der Waals surface area contributed by atoms with Gasteiger partial charge in [-0.05, 0) is 36.6 Å². The van der Waals surface area contributed by atoms with Crippen molar-refractivity contribution in [3.63, 3.8) is 0 Å². The molecule has 150 valence electrons. The first kappa shape index (κ1) is 21.4. The molecule has 0 saturated heterocycles. The lowest BCUT2D eigenvalue weighted by Gasteiger charge is -2.21. The summed E-state index contributed by atoms with van der Waals surface area (Å²) in [5.41, 5.74) is 0.683. The Labute approximate surface area is 166 Å². The molecule has 29 heavy (non-hydrogen) atoms. The van der Waals surface area contributed by atoms with Gasteiger partial charge in [0.2, 0.25) is 0 Å².